The van der Waals surface area contributed by atoms with Gasteiger partial charge in [0.1, 0.15) is 10.7 Å². The molecule has 1 heterocycles. The molecule has 1 amide bonds. The van der Waals surface area contributed by atoms with Crippen molar-refractivity contribution in [3.63, 3.8) is 0 Å². The molecule has 1 aliphatic rings. The SMILES string of the molecule is CC(=O)Nc1ccccc1/C=c1\[nH]c(=O)/c(=C/C2CCCCC2)[nH]c1=O. The number of hydrogen-bond donors (Lipinski definition) is 3. The van der Waals surface area contributed by atoms with Gasteiger partial charge in [-0.2, -0.15) is 0 Å². The third kappa shape index (κ3) is 4.39. The average molecular weight is 353 g/mol. The Hall–Kier alpha value is -2.89. The summed E-state index contributed by atoms with van der Waals surface area (Å²) in [5.41, 5.74) is 0.564. The summed E-state index contributed by atoms with van der Waals surface area (Å²) in [6, 6.07) is 7.10. The highest BCUT2D eigenvalue weighted by Gasteiger charge is 2.11. The van der Waals surface area contributed by atoms with Crippen molar-refractivity contribution in [1.29, 1.82) is 0 Å². The van der Waals surface area contributed by atoms with Gasteiger partial charge in [0.2, 0.25) is 5.91 Å². The Balaban J connectivity index is 2.03. The van der Waals surface area contributed by atoms with Crippen LogP contribution < -0.4 is 27.1 Å². The van der Waals surface area contributed by atoms with Gasteiger partial charge in [0.25, 0.3) is 11.1 Å². The topological polar surface area (TPSA) is 94.8 Å². The molecule has 0 spiro atoms. The van der Waals surface area contributed by atoms with Gasteiger partial charge in [0.15, 0.2) is 0 Å². The molecule has 3 N–H and O–H groups in total. The molecule has 2 aromatic rings. The van der Waals surface area contributed by atoms with Crippen molar-refractivity contribution in [2.45, 2.75) is 39.0 Å². The Morgan fingerprint density at radius 3 is 2.42 bits per heavy atom. The minimum Gasteiger partial charge on any atom is -0.326 e. The molecule has 0 bridgehead atoms. The van der Waals surface area contributed by atoms with E-state index in [2.05, 4.69) is 15.3 Å². The average Bonchev–Trinajstić information content (AvgIpc) is 2.61. The number of benzene rings is 1. The molecule has 0 unspecified atom stereocenters. The Morgan fingerprint density at radius 2 is 1.69 bits per heavy atom. The second-order valence-electron chi connectivity index (χ2n) is 6.71. The second-order valence-corrected chi connectivity index (χ2v) is 6.71. The molecule has 6 heteroatoms. The van der Waals surface area contributed by atoms with Crippen LogP contribution in [0, 0.1) is 5.92 Å². The molecular formula is C20H23N3O3. The number of amides is 1. The summed E-state index contributed by atoms with van der Waals surface area (Å²) in [4.78, 5) is 41.5. The highest BCUT2D eigenvalue weighted by atomic mass is 16.1. The van der Waals surface area contributed by atoms with Crippen molar-refractivity contribution in [2.24, 2.45) is 5.92 Å². The van der Waals surface area contributed by atoms with Crippen molar-refractivity contribution in [1.82, 2.24) is 9.97 Å². The predicted octanol–water partition coefficient (Wildman–Crippen LogP) is 1.21. The van der Waals surface area contributed by atoms with Crippen LogP contribution in [0.15, 0.2) is 33.9 Å². The fourth-order valence-corrected chi connectivity index (χ4v) is 3.33. The quantitative estimate of drug-likeness (QED) is 0.774. The summed E-state index contributed by atoms with van der Waals surface area (Å²) in [5, 5.41) is 3.20. The van der Waals surface area contributed by atoms with Crippen molar-refractivity contribution in [2.75, 3.05) is 5.32 Å². The zero-order valence-corrected chi connectivity index (χ0v) is 14.8. The number of hydrogen-bond acceptors (Lipinski definition) is 3. The third-order valence-electron chi connectivity index (χ3n) is 4.61. The van der Waals surface area contributed by atoms with Crippen molar-refractivity contribution in [3.05, 3.63) is 61.2 Å². The van der Waals surface area contributed by atoms with E-state index >= 15 is 0 Å². The van der Waals surface area contributed by atoms with E-state index in [0.717, 1.165) is 25.7 Å². The van der Waals surface area contributed by atoms with Crippen molar-refractivity contribution >= 4 is 23.7 Å². The normalized spacial score (nSPS) is 16.7. The van der Waals surface area contributed by atoms with Crippen LogP contribution in [0.2, 0.25) is 0 Å². The van der Waals surface area contributed by atoms with E-state index in [9.17, 15) is 14.4 Å². The van der Waals surface area contributed by atoms with Crippen LogP contribution >= 0.6 is 0 Å². The zero-order chi connectivity index (χ0) is 18.5. The van der Waals surface area contributed by atoms with E-state index in [-0.39, 0.29) is 22.4 Å². The molecule has 0 saturated heterocycles. The van der Waals surface area contributed by atoms with E-state index in [1.165, 1.54) is 13.3 Å². The molecule has 1 aromatic carbocycles. The Morgan fingerprint density at radius 1 is 1.04 bits per heavy atom. The van der Waals surface area contributed by atoms with Crippen molar-refractivity contribution in [3.8, 4) is 0 Å². The van der Waals surface area contributed by atoms with Crippen LogP contribution in [0.4, 0.5) is 5.69 Å². The lowest BCUT2D eigenvalue weighted by Gasteiger charge is -2.17. The van der Waals surface area contributed by atoms with Crippen LogP contribution in [0.3, 0.4) is 0 Å². The third-order valence-corrected chi connectivity index (χ3v) is 4.61. The van der Waals surface area contributed by atoms with Crippen molar-refractivity contribution < 1.29 is 4.79 Å². The molecule has 0 aliphatic heterocycles. The molecule has 0 atom stereocenters. The molecule has 136 valence electrons. The van der Waals surface area contributed by atoms with E-state index < -0.39 is 0 Å². The number of carbonyl (C=O) groups excluding carboxylic acids is 1. The smallest absolute Gasteiger partial charge is 0.272 e. The number of carbonyl (C=O) groups is 1. The molecule has 0 radical (unpaired) electrons. The van der Waals surface area contributed by atoms with Gasteiger partial charge < -0.3 is 15.3 Å². The first-order valence-electron chi connectivity index (χ1n) is 8.96. The van der Waals surface area contributed by atoms with Crippen LogP contribution in [-0.2, 0) is 4.79 Å². The van der Waals surface area contributed by atoms with Crippen LogP contribution in [0.1, 0.15) is 44.6 Å². The van der Waals surface area contributed by atoms with E-state index in [4.69, 9.17) is 0 Å². The van der Waals surface area contributed by atoms with Gasteiger partial charge >= 0.3 is 0 Å². The minimum absolute atomic E-state index is 0.161. The number of aromatic amines is 2. The highest BCUT2D eigenvalue weighted by Crippen LogP contribution is 2.24. The van der Waals surface area contributed by atoms with Gasteiger partial charge in [-0.25, -0.2) is 0 Å². The van der Waals surface area contributed by atoms with Crippen LogP contribution in [-0.4, -0.2) is 15.9 Å². The lowest BCUT2D eigenvalue weighted by molar-refractivity contribution is -0.114. The molecule has 1 aromatic heterocycles. The number of rotatable bonds is 3. The molecular weight excluding hydrogens is 330 g/mol. The van der Waals surface area contributed by atoms with E-state index in [0.29, 0.717) is 22.5 Å². The maximum Gasteiger partial charge on any atom is 0.272 e. The number of anilines is 1. The number of H-pyrrole nitrogens is 2. The molecule has 26 heavy (non-hydrogen) atoms. The van der Waals surface area contributed by atoms with Crippen LogP contribution in [0.25, 0.3) is 12.2 Å². The maximum absolute atomic E-state index is 12.4. The molecule has 1 aliphatic carbocycles. The maximum atomic E-state index is 12.4. The Labute approximate surface area is 150 Å². The summed E-state index contributed by atoms with van der Waals surface area (Å²) in [5.74, 6) is 0.140. The Bertz CT molecular complexity index is 1030. The van der Waals surface area contributed by atoms with Gasteiger partial charge in [0, 0.05) is 18.2 Å². The van der Waals surface area contributed by atoms with E-state index in [1.807, 2.05) is 6.08 Å². The van der Waals surface area contributed by atoms with Gasteiger partial charge in [-0.3, -0.25) is 14.4 Å². The van der Waals surface area contributed by atoms with E-state index in [1.54, 1.807) is 30.3 Å². The zero-order valence-electron chi connectivity index (χ0n) is 14.8. The monoisotopic (exact) mass is 353 g/mol. The fraction of sp³-hybridized carbons (Fsp3) is 0.350. The molecule has 1 saturated carbocycles. The second kappa shape index (κ2) is 7.99. The molecule has 1 fully saturated rings. The highest BCUT2D eigenvalue weighted by molar-refractivity contribution is 5.91. The number of para-hydroxylation sites is 1. The van der Waals surface area contributed by atoms with Gasteiger partial charge in [-0.15, -0.1) is 0 Å². The van der Waals surface area contributed by atoms with Gasteiger partial charge in [-0.05, 0) is 30.9 Å². The number of aromatic nitrogens is 2. The molecule has 6 nitrogen and oxygen atoms in total. The standard InChI is InChI=1S/C20H23N3O3/c1-13(24)21-16-10-6-5-9-15(16)12-18-20(26)22-17(19(25)23-18)11-14-7-3-2-4-8-14/h5-6,9-12,14H,2-4,7-8H2,1H3,(H,21,24)(H,22,26)(H,23,25)/b17-11-,18-12-. The lowest BCUT2D eigenvalue weighted by atomic mass is 9.89. The summed E-state index contributed by atoms with van der Waals surface area (Å²) in [6.45, 7) is 1.42. The largest absolute Gasteiger partial charge is 0.326 e. The number of nitrogens with one attached hydrogen (secondary N) is 3. The first kappa shape index (κ1) is 17.9. The summed E-state index contributed by atoms with van der Waals surface area (Å²) in [7, 11) is 0. The van der Waals surface area contributed by atoms with Crippen LogP contribution in [0.5, 0.6) is 0 Å². The first-order valence-corrected chi connectivity index (χ1v) is 8.96. The molecule has 3 rings (SSSR count). The lowest BCUT2D eigenvalue weighted by Crippen LogP contribution is -2.47. The first-order chi connectivity index (χ1) is 12.5. The summed E-state index contributed by atoms with van der Waals surface area (Å²) in [6.07, 6.45) is 9.12. The van der Waals surface area contributed by atoms with Gasteiger partial charge in [-0.1, -0.05) is 43.5 Å². The fourth-order valence-electron chi connectivity index (χ4n) is 3.33. The Kier molecular flexibility index (Phi) is 5.51. The van der Waals surface area contributed by atoms with Gasteiger partial charge in [0.05, 0.1) is 0 Å². The summed E-state index contributed by atoms with van der Waals surface area (Å²) < 4.78 is 0. The summed E-state index contributed by atoms with van der Waals surface area (Å²) >= 11 is 0. The predicted molar refractivity (Wildman–Crippen MR) is 102 cm³/mol. The minimum atomic E-state index is -0.357.